The molecule has 2 aromatic carbocycles. The third kappa shape index (κ3) is 4.66. The van der Waals surface area contributed by atoms with E-state index in [1.807, 2.05) is 60.8 Å². The molecule has 1 aromatic heterocycles. The van der Waals surface area contributed by atoms with Crippen molar-refractivity contribution in [2.45, 2.75) is 6.92 Å². The second-order valence-corrected chi connectivity index (χ2v) is 6.40. The summed E-state index contributed by atoms with van der Waals surface area (Å²) in [4.78, 5) is 4.60. The Morgan fingerprint density at radius 1 is 1.22 bits per heavy atom. The van der Waals surface area contributed by atoms with Crippen LogP contribution in [0.2, 0.25) is 0 Å². The molecular formula is C21H19N3O2S. The van der Waals surface area contributed by atoms with E-state index in [0.717, 1.165) is 28.4 Å². The zero-order valence-corrected chi connectivity index (χ0v) is 15.9. The number of rotatable bonds is 7. The maximum Gasteiger partial charge on any atom is 0.136 e. The summed E-state index contributed by atoms with van der Waals surface area (Å²) in [5.41, 5.74) is 3.13. The van der Waals surface area contributed by atoms with Gasteiger partial charge in [-0.3, -0.25) is 0 Å². The summed E-state index contributed by atoms with van der Waals surface area (Å²) in [5.74, 6) is 1.58. The molecule has 5 nitrogen and oxygen atoms in total. The molecule has 0 aliphatic rings. The van der Waals surface area contributed by atoms with Crippen molar-refractivity contribution in [2.75, 3.05) is 19.0 Å². The molecule has 136 valence electrons. The van der Waals surface area contributed by atoms with Crippen molar-refractivity contribution in [2.24, 2.45) is 0 Å². The first kappa shape index (κ1) is 18.5. The van der Waals surface area contributed by atoms with Crippen molar-refractivity contribution >= 4 is 22.6 Å². The molecule has 0 saturated heterocycles. The highest BCUT2D eigenvalue weighted by atomic mass is 32.1. The highest BCUT2D eigenvalue weighted by Crippen LogP contribution is 2.27. The molecule has 3 rings (SSSR count). The molecule has 0 radical (unpaired) electrons. The van der Waals surface area contributed by atoms with Gasteiger partial charge in [-0.05, 0) is 43.3 Å². The molecule has 0 atom stereocenters. The van der Waals surface area contributed by atoms with Crippen LogP contribution in [-0.4, -0.2) is 18.7 Å². The van der Waals surface area contributed by atoms with Gasteiger partial charge in [-0.2, -0.15) is 5.26 Å². The van der Waals surface area contributed by atoms with Crippen LogP contribution in [0.4, 0.5) is 5.69 Å². The van der Waals surface area contributed by atoms with Crippen LogP contribution in [0.25, 0.3) is 16.8 Å². The lowest BCUT2D eigenvalue weighted by Gasteiger charge is -2.04. The third-order valence-electron chi connectivity index (χ3n) is 3.77. The number of nitriles is 1. The second-order valence-electron chi connectivity index (χ2n) is 5.54. The SMILES string of the molecule is CCOc1ccc(-c2csc(/C(C#N)=C/Nc3cccc(OC)c3)n2)cc1. The van der Waals surface area contributed by atoms with Gasteiger partial charge in [-0.15, -0.1) is 11.3 Å². The van der Waals surface area contributed by atoms with E-state index in [-0.39, 0.29) is 0 Å². The molecule has 6 heteroatoms. The number of benzene rings is 2. The molecule has 0 unspecified atom stereocenters. The van der Waals surface area contributed by atoms with Gasteiger partial charge in [0.25, 0.3) is 0 Å². The number of allylic oxidation sites excluding steroid dienone is 1. The Balaban J connectivity index is 1.77. The molecule has 0 spiro atoms. The number of nitrogens with one attached hydrogen (secondary N) is 1. The Morgan fingerprint density at radius 3 is 2.74 bits per heavy atom. The monoisotopic (exact) mass is 377 g/mol. The smallest absolute Gasteiger partial charge is 0.136 e. The quantitative estimate of drug-likeness (QED) is 0.574. The highest BCUT2D eigenvalue weighted by molar-refractivity contribution is 7.11. The summed E-state index contributed by atoms with van der Waals surface area (Å²) in [6, 6.07) is 17.5. The summed E-state index contributed by atoms with van der Waals surface area (Å²) < 4.78 is 10.7. The van der Waals surface area contributed by atoms with Crippen molar-refractivity contribution in [1.29, 1.82) is 5.26 Å². The van der Waals surface area contributed by atoms with Crippen LogP contribution >= 0.6 is 11.3 Å². The predicted octanol–water partition coefficient (Wildman–Crippen LogP) is 5.19. The fourth-order valence-electron chi connectivity index (χ4n) is 2.43. The van der Waals surface area contributed by atoms with E-state index in [1.54, 1.807) is 13.3 Å². The van der Waals surface area contributed by atoms with Crippen LogP contribution in [-0.2, 0) is 0 Å². The van der Waals surface area contributed by atoms with Gasteiger partial charge in [0.1, 0.15) is 28.1 Å². The summed E-state index contributed by atoms with van der Waals surface area (Å²) in [6.45, 7) is 2.59. The number of nitrogens with zero attached hydrogens (tertiary/aromatic N) is 2. The largest absolute Gasteiger partial charge is 0.497 e. The zero-order chi connectivity index (χ0) is 19.1. The van der Waals surface area contributed by atoms with Gasteiger partial charge in [0.05, 0.1) is 19.4 Å². The lowest BCUT2D eigenvalue weighted by molar-refractivity contribution is 0.340. The minimum absolute atomic E-state index is 0.472. The summed E-state index contributed by atoms with van der Waals surface area (Å²) in [5, 5.41) is 15.2. The van der Waals surface area contributed by atoms with Crippen molar-refractivity contribution in [3.63, 3.8) is 0 Å². The number of thiazole rings is 1. The van der Waals surface area contributed by atoms with Crippen LogP contribution in [0, 0.1) is 11.3 Å². The number of methoxy groups -OCH3 is 1. The average Bonchev–Trinajstić information content (AvgIpc) is 3.19. The second kappa shape index (κ2) is 8.88. The number of hydrogen-bond donors (Lipinski definition) is 1. The van der Waals surface area contributed by atoms with Crippen molar-refractivity contribution in [1.82, 2.24) is 4.98 Å². The Labute approximate surface area is 162 Å². The molecule has 0 aliphatic carbocycles. The lowest BCUT2D eigenvalue weighted by atomic mass is 10.2. The number of ether oxygens (including phenoxy) is 2. The summed E-state index contributed by atoms with van der Waals surface area (Å²) in [6.07, 6.45) is 1.66. The Bertz CT molecular complexity index is 972. The van der Waals surface area contributed by atoms with Gasteiger partial charge in [-0.1, -0.05) is 6.07 Å². The predicted molar refractivity (Wildman–Crippen MR) is 109 cm³/mol. The minimum Gasteiger partial charge on any atom is -0.497 e. The fourth-order valence-corrected chi connectivity index (χ4v) is 3.22. The molecule has 1 heterocycles. The van der Waals surface area contributed by atoms with E-state index in [9.17, 15) is 5.26 Å². The lowest BCUT2D eigenvalue weighted by Crippen LogP contribution is -1.92. The normalized spacial score (nSPS) is 10.9. The molecule has 1 N–H and O–H groups in total. The van der Waals surface area contributed by atoms with Crippen LogP contribution in [0.5, 0.6) is 11.5 Å². The Hall–Kier alpha value is -3.30. The Morgan fingerprint density at radius 2 is 2.04 bits per heavy atom. The number of anilines is 1. The van der Waals surface area contributed by atoms with E-state index in [4.69, 9.17) is 9.47 Å². The first-order chi connectivity index (χ1) is 13.2. The van der Waals surface area contributed by atoms with Gasteiger partial charge in [-0.25, -0.2) is 4.98 Å². The van der Waals surface area contributed by atoms with Crippen LogP contribution in [0.3, 0.4) is 0 Å². The highest BCUT2D eigenvalue weighted by Gasteiger charge is 2.09. The van der Waals surface area contributed by atoms with Crippen LogP contribution in [0.1, 0.15) is 11.9 Å². The molecule has 0 bridgehead atoms. The zero-order valence-electron chi connectivity index (χ0n) is 15.1. The average molecular weight is 377 g/mol. The first-order valence-electron chi connectivity index (χ1n) is 8.43. The maximum absolute atomic E-state index is 9.50. The fraction of sp³-hybridized carbons (Fsp3) is 0.143. The molecule has 27 heavy (non-hydrogen) atoms. The number of hydrogen-bond acceptors (Lipinski definition) is 6. The van der Waals surface area contributed by atoms with Crippen molar-refractivity contribution in [3.05, 3.63) is 65.1 Å². The first-order valence-corrected chi connectivity index (χ1v) is 9.31. The molecule has 0 fully saturated rings. The van der Waals surface area contributed by atoms with Gasteiger partial charge < -0.3 is 14.8 Å². The van der Waals surface area contributed by atoms with Gasteiger partial charge in [0.15, 0.2) is 0 Å². The minimum atomic E-state index is 0.472. The summed E-state index contributed by atoms with van der Waals surface area (Å²) in [7, 11) is 1.62. The Kier molecular flexibility index (Phi) is 6.08. The third-order valence-corrected chi connectivity index (χ3v) is 4.64. The topological polar surface area (TPSA) is 67.2 Å². The van der Waals surface area contributed by atoms with Crippen LogP contribution in [0.15, 0.2) is 60.1 Å². The molecular weight excluding hydrogens is 358 g/mol. The standard InChI is InChI=1S/C21H19N3O2S/c1-3-26-18-9-7-15(8-10-18)20-14-27-21(24-20)16(12-22)13-23-17-5-4-6-19(11-17)25-2/h4-11,13-14,23H,3H2,1-2H3/b16-13+. The number of aromatic nitrogens is 1. The van der Waals surface area contributed by atoms with Crippen molar-refractivity contribution in [3.8, 4) is 28.8 Å². The molecule has 0 aliphatic heterocycles. The van der Waals surface area contributed by atoms with E-state index >= 15 is 0 Å². The molecule has 3 aromatic rings. The van der Waals surface area contributed by atoms with Gasteiger partial charge in [0.2, 0.25) is 0 Å². The van der Waals surface area contributed by atoms with Gasteiger partial charge >= 0.3 is 0 Å². The van der Waals surface area contributed by atoms with Crippen LogP contribution < -0.4 is 14.8 Å². The molecule has 0 amide bonds. The summed E-state index contributed by atoms with van der Waals surface area (Å²) >= 11 is 1.44. The van der Waals surface area contributed by atoms with Crippen molar-refractivity contribution < 1.29 is 9.47 Å². The van der Waals surface area contributed by atoms with E-state index in [1.165, 1.54) is 11.3 Å². The van der Waals surface area contributed by atoms with E-state index in [2.05, 4.69) is 16.4 Å². The van der Waals surface area contributed by atoms with E-state index in [0.29, 0.717) is 17.2 Å². The molecule has 0 saturated carbocycles. The maximum atomic E-state index is 9.50. The van der Waals surface area contributed by atoms with E-state index < -0.39 is 0 Å². The van der Waals surface area contributed by atoms with Gasteiger partial charge in [0, 0.05) is 28.9 Å².